The number of rotatable bonds is 3. The molecule has 0 aliphatic heterocycles. The van der Waals surface area contributed by atoms with Crippen molar-refractivity contribution in [2.45, 2.75) is 26.8 Å². The molecule has 1 N–H and O–H groups in total. The number of anilines is 1. The fourth-order valence-corrected chi connectivity index (χ4v) is 1.96. The molecule has 5 heteroatoms. The first-order valence-corrected chi connectivity index (χ1v) is 6.47. The molecule has 0 bridgehead atoms. The molecule has 0 aromatic carbocycles. The lowest BCUT2D eigenvalue weighted by Gasteiger charge is -2.13. The normalized spacial score (nSPS) is 10.8. The molecule has 2 rings (SSSR count). The number of aromatic nitrogens is 2. The van der Waals surface area contributed by atoms with Crippen LogP contribution in [-0.4, -0.2) is 15.5 Å². The van der Waals surface area contributed by atoms with E-state index in [2.05, 4.69) is 10.3 Å². The molecule has 2 aromatic rings. The van der Waals surface area contributed by atoms with Gasteiger partial charge in [-0.05, 0) is 44.5 Å². The summed E-state index contributed by atoms with van der Waals surface area (Å²) in [5, 5.41) is 3.27. The number of carbonyl (C=O) groups excluding carboxylic acids is 1. The molecule has 0 saturated carbocycles. The minimum Gasteiger partial charge on any atom is -0.341 e. The SMILES string of the molecule is Cc1cc(NC(=O)c2cccn2C(C)C)cnc1Cl. The van der Waals surface area contributed by atoms with Crippen LogP contribution in [0.5, 0.6) is 0 Å². The number of hydrogen-bond acceptors (Lipinski definition) is 2. The summed E-state index contributed by atoms with van der Waals surface area (Å²) in [6, 6.07) is 5.70. The Morgan fingerprint density at radius 3 is 2.84 bits per heavy atom. The Balaban J connectivity index is 2.21. The number of nitrogens with zero attached hydrogens (tertiary/aromatic N) is 2. The Morgan fingerprint density at radius 2 is 2.21 bits per heavy atom. The van der Waals surface area contributed by atoms with E-state index in [1.165, 1.54) is 0 Å². The third kappa shape index (κ3) is 2.96. The van der Waals surface area contributed by atoms with E-state index in [9.17, 15) is 4.79 Å². The molecule has 0 fully saturated rings. The van der Waals surface area contributed by atoms with Crippen molar-refractivity contribution in [2.24, 2.45) is 0 Å². The fourth-order valence-electron chi connectivity index (χ4n) is 1.86. The molecular weight excluding hydrogens is 262 g/mol. The summed E-state index contributed by atoms with van der Waals surface area (Å²) < 4.78 is 1.92. The Bertz CT molecular complexity index is 604. The van der Waals surface area contributed by atoms with Gasteiger partial charge < -0.3 is 9.88 Å². The Hall–Kier alpha value is -1.81. The van der Waals surface area contributed by atoms with Crippen molar-refractivity contribution in [2.75, 3.05) is 5.32 Å². The van der Waals surface area contributed by atoms with Crippen molar-refractivity contribution in [1.29, 1.82) is 0 Å². The largest absolute Gasteiger partial charge is 0.341 e. The van der Waals surface area contributed by atoms with Crippen molar-refractivity contribution in [3.05, 3.63) is 47.0 Å². The van der Waals surface area contributed by atoms with Gasteiger partial charge in [0.1, 0.15) is 10.8 Å². The van der Waals surface area contributed by atoms with Crippen LogP contribution in [0.1, 0.15) is 35.9 Å². The molecule has 0 spiro atoms. The molecule has 0 atom stereocenters. The Morgan fingerprint density at radius 1 is 1.47 bits per heavy atom. The van der Waals surface area contributed by atoms with Crippen molar-refractivity contribution in [1.82, 2.24) is 9.55 Å². The lowest BCUT2D eigenvalue weighted by molar-refractivity contribution is 0.101. The highest BCUT2D eigenvalue weighted by atomic mass is 35.5. The molecular formula is C14H16ClN3O. The molecule has 2 heterocycles. The molecule has 1 amide bonds. The number of aryl methyl sites for hydroxylation is 1. The predicted octanol–water partition coefficient (Wildman–Crippen LogP) is 3.68. The van der Waals surface area contributed by atoms with Gasteiger partial charge in [-0.1, -0.05) is 11.6 Å². The van der Waals surface area contributed by atoms with Crippen LogP contribution in [0.15, 0.2) is 30.6 Å². The zero-order chi connectivity index (χ0) is 14.0. The maximum absolute atomic E-state index is 12.2. The van der Waals surface area contributed by atoms with Gasteiger partial charge in [0.05, 0.1) is 11.9 Å². The number of halogens is 1. The van der Waals surface area contributed by atoms with Crippen molar-refractivity contribution >= 4 is 23.2 Å². The number of nitrogens with one attached hydrogen (secondary N) is 1. The third-order valence-electron chi connectivity index (χ3n) is 2.84. The Labute approximate surface area is 117 Å². The van der Waals surface area contributed by atoms with Crippen molar-refractivity contribution < 1.29 is 4.79 Å². The standard InChI is InChI=1S/C14H16ClN3O/c1-9(2)18-6-4-5-12(18)14(19)17-11-7-10(3)13(15)16-8-11/h4-9H,1-3H3,(H,17,19). The minimum atomic E-state index is -0.151. The molecule has 0 saturated heterocycles. The molecule has 100 valence electrons. The maximum atomic E-state index is 12.2. The van der Waals surface area contributed by atoms with Gasteiger partial charge in [-0.3, -0.25) is 4.79 Å². The van der Waals surface area contributed by atoms with Crippen LogP contribution >= 0.6 is 11.6 Å². The molecule has 0 aliphatic rings. The summed E-state index contributed by atoms with van der Waals surface area (Å²) >= 11 is 5.86. The van der Waals surface area contributed by atoms with Gasteiger partial charge in [0, 0.05) is 12.2 Å². The van der Waals surface area contributed by atoms with Crippen LogP contribution in [0.25, 0.3) is 0 Å². The summed E-state index contributed by atoms with van der Waals surface area (Å²) in [6.07, 6.45) is 3.45. The summed E-state index contributed by atoms with van der Waals surface area (Å²) in [6.45, 7) is 5.91. The average molecular weight is 278 g/mol. The van der Waals surface area contributed by atoms with Crippen molar-refractivity contribution in [3.63, 3.8) is 0 Å². The molecule has 0 radical (unpaired) electrons. The average Bonchev–Trinajstić information content (AvgIpc) is 2.83. The van der Waals surface area contributed by atoms with E-state index in [1.807, 2.05) is 37.6 Å². The first-order valence-electron chi connectivity index (χ1n) is 6.09. The van der Waals surface area contributed by atoms with Crippen LogP contribution in [0, 0.1) is 6.92 Å². The lowest BCUT2D eigenvalue weighted by Crippen LogP contribution is -2.18. The zero-order valence-electron chi connectivity index (χ0n) is 11.1. The van der Waals surface area contributed by atoms with Gasteiger partial charge in [0.25, 0.3) is 5.91 Å². The molecule has 0 aliphatic carbocycles. The fraction of sp³-hybridized carbons (Fsp3) is 0.286. The second kappa shape index (κ2) is 5.45. The van der Waals surface area contributed by atoms with E-state index in [0.29, 0.717) is 16.5 Å². The smallest absolute Gasteiger partial charge is 0.272 e. The van der Waals surface area contributed by atoms with Gasteiger partial charge in [0.15, 0.2) is 0 Å². The second-order valence-electron chi connectivity index (χ2n) is 4.68. The number of carbonyl (C=O) groups is 1. The topological polar surface area (TPSA) is 46.9 Å². The third-order valence-corrected chi connectivity index (χ3v) is 3.24. The van der Waals surface area contributed by atoms with E-state index in [1.54, 1.807) is 18.3 Å². The van der Waals surface area contributed by atoms with Crippen LogP contribution in [0.3, 0.4) is 0 Å². The van der Waals surface area contributed by atoms with Gasteiger partial charge >= 0.3 is 0 Å². The summed E-state index contributed by atoms with van der Waals surface area (Å²) in [5.74, 6) is -0.151. The minimum absolute atomic E-state index is 0.151. The predicted molar refractivity (Wildman–Crippen MR) is 76.8 cm³/mol. The second-order valence-corrected chi connectivity index (χ2v) is 5.04. The van der Waals surface area contributed by atoms with Gasteiger partial charge in [-0.15, -0.1) is 0 Å². The summed E-state index contributed by atoms with van der Waals surface area (Å²) in [5.41, 5.74) is 2.10. The summed E-state index contributed by atoms with van der Waals surface area (Å²) in [4.78, 5) is 16.2. The molecule has 0 unspecified atom stereocenters. The molecule has 4 nitrogen and oxygen atoms in total. The Kier molecular flexibility index (Phi) is 3.90. The van der Waals surface area contributed by atoms with Gasteiger partial charge in [0.2, 0.25) is 0 Å². The van der Waals surface area contributed by atoms with Crippen LogP contribution in [0.2, 0.25) is 5.15 Å². The van der Waals surface area contributed by atoms with E-state index >= 15 is 0 Å². The van der Waals surface area contributed by atoms with E-state index in [-0.39, 0.29) is 11.9 Å². The van der Waals surface area contributed by atoms with Crippen LogP contribution in [0.4, 0.5) is 5.69 Å². The van der Waals surface area contributed by atoms with E-state index < -0.39 is 0 Å². The molecule has 2 aromatic heterocycles. The number of hydrogen-bond donors (Lipinski definition) is 1. The van der Waals surface area contributed by atoms with Crippen LogP contribution in [-0.2, 0) is 0 Å². The molecule has 19 heavy (non-hydrogen) atoms. The zero-order valence-corrected chi connectivity index (χ0v) is 11.9. The van der Waals surface area contributed by atoms with E-state index in [4.69, 9.17) is 11.6 Å². The highest BCUT2D eigenvalue weighted by Gasteiger charge is 2.13. The monoisotopic (exact) mass is 277 g/mol. The number of pyridine rings is 1. The van der Waals surface area contributed by atoms with Crippen molar-refractivity contribution in [3.8, 4) is 0 Å². The highest BCUT2D eigenvalue weighted by molar-refractivity contribution is 6.30. The first-order chi connectivity index (χ1) is 8.99. The maximum Gasteiger partial charge on any atom is 0.272 e. The quantitative estimate of drug-likeness (QED) is 0.870. The van der Waals surface area contributed by atoms with E-state index in [0.717, 1.165) is 5.56 Å². The number of amides is 1. The van der Waals surface area contributed by atoms with Gasteiger partial charge in [-0.25, -0.2) is 4.98 Å². The lowest BCUT2D eigenvalue weighted by atomic mass is 10.3. The highest BCUT2D eigenvalue weighted by Crippen LogP contribution is 2.18. The summed E-state index contributed by atoms with van der Waals surface area (Å²) in [7, 11) is 0. The first kappa shape index (κ1) is 13.6. The van der Waals surface area contributed by atoms with Gasteiger partial charge in [-0.2, -0.15) is 0 Å². The van der Waals surface area contributed by atoms with Crippen LogP contribution < -0.4 is 5.32 Å².